The molecule has 246 valence electrons. The normalized spacial score (nSPS) is 12.0. The van der Waals surface area contributed by atoms with E-state index in [4.69, 9.17) is 13.3 Å². The van der Waals surface area contributed by atoms with Crippen molar-refractivity contribution in [3.05, 3.63) is 64.3 Å². The number of carbonyl (C=O) groups is 1. The molecule has 1 amide bonds. The summed E-state index contributed by atoms with van der Waals surface area (Å²) in [6.45, 7) is 12.4. The van der Waals surface area contributed by atoms with Crippen molar-refractivity contribution in [3.8, 4) is 0 Å². The fraction of sp³-hybridized carbons (Fsp3) is 0.500. The van der Waals surface area contributed by atoms with Gasteiger partial charge in [-0.05, 0) is 69.4 Å². The Hall–Kier alpha value is -3.54. The number of ether oxygens (including phenoxy) is 1. The minimum Gasteiger partial charge on any atom is -0.422 e. The molecule has 0 saturated heterocycles. The smallest absolute Gasteiger partial charge is 0.343 e. The lowest BCUT2D eigenvalue weighted by atomic mass is 10.1. The number of nitrogens with zero attached hydrogens (tertiary/aromatic N) is 2. The predicted octanol–water partition coefficient (Wildman–Crippen LogP) is 5.17. The molecule has 1 aromatic carbocycles. The summed E-state index contributed by atoms with van der Waals surface area (Å²) in [5.41, 5.74) is 2.15. The molecule has 0 aliphatic heterocycles. The molecule has 0 aliphatic rings. The van der Waals surface area contributed by atoms with Gasteiger partial charge >= 0.3 is 15.7 Å². The van der Waals surface area contributed by atoms with Gasteiger partial charge < -0.3 is 19.4 Å². The van der Waals surface area contributed by atoms with Crippen molar-refractivity contribution < 1.29 is 31.1 Å². The van der Waals surface area contributed by atoms with E-state index in [-0.39, 0.29) is 10.8 Å². The number of unbranched alkanes of at least 4 members (excludes halogenated alkanes) is 2. The Kier molecular flexibility index (Phi) is 14.2. The van der Waals surface area contributed by atoms with Crippen LogP contribution in [0, 0.1) is 5.92 Å². The maximum atomic E-state index is 12.8. The van der Waals surface area contributed by atoms with Crippen molar-refractivity contribution in [2.45, 2.75) is 71.2 Å². The molecule has 3 rings (SSSR count). The number of rotatable bonds is 19. The van der Waals surface area contributed by atoms with Crippen LogP contribution in [0.15, 0.2) is 56.7 Å². The zero-order chi connectivity index (χ0) is 32.8. The molecule has 0 atom stereocenters. The predicted molar refractivity (Wildman–Crippen MR) is 178 cm³/mol. The van der Waals surface area contributed by atoms with E-state index in [1.165, 1.54) is 12.3 Å². The highest BCUT2D eigenvalue weighted by atomic mass is 32.2. The SMILES string of the molecule is CCN(CC)c1ccc2cc(/C=C/c3ccc(S(=O)(=O)OC)c[n+]3CCCCCC(=O)NCCOCCC(C)C)c(=O)oc2c1. The van der Waals surface area contributed by atoms with Gasteiger partial charge in [0, 0.05) is 68.4 Å². The number of anilines is 1. The number of carbonyl (C=O) groups excluding carboxylic acids is 1. The Morgan fingerprint density at radius 2 is 1.82 bits per heavy atom. The van der Waals surface area contributed by atoms with Crippen LogP contribution in [0.4, 0.5) is 5.69 Å². The molecule has 0 spiro atoms. The van der Waals surface area contributed by atoms with Crippen molar-refractivity contribution in [1.29, 1.82) is 0 Å². The van der Waals surface area contributed by atoms with Crippen LogP contribution in [0.1, 0.15) is 71.1 Å². The number of aryl methyl sites for hydroxylation is 1. The highest BCUT2D eigenvalue weighted by molar-refractivity contribution is 7.86. The highest BCUT2D eigenvalue weighted by Gasteiger charge is 2.20. The van der Waals surface area contributed by atoms with Gasteiger partial charge in [-0.2, -0.15) is 13.0 Å². The van der Waals surface area contributed by atoms with Gasteiger partial charge in [0.05, 0.1) is 19.3 Å². The summed E-state index contributed by atoms with van der Waals surface area (Å²) in [6, 6.07) is 10.8. The third kappa shape index (κ3) is 11.1. The second-order valence-corrected chi connectivity index (χ2v) is 13.0. The summed E-state index contributed by atoms with van der Waals surface area (Å²) >= 11 is 0. The molecule has 0 unspecified atom stereocenters. The average Bonchev–Trinajstić information content (AvgIpc) is 3.02. The first-order valence-electron chi connectivity index (χ1n) is 15.8. The zero-order valence-corrected chi connectivity index (χ0v) is 28.0. The number of amides is 1. The lowest BCUT2D eigenvalue weighted by Crippen LogP contribution is -2.37. The van der Waals surface area contributed by atoms with E-state index in [0.29, 0.717) is 61.9 Å². The first-order chi connectivity index (χ1) is 21.6. The number of aromatic nitrogens is 1. The monoisotopic (exact) mass is 642 g/mol. The Bertz CT molecular complexity index is 1600. The van der Waals surface area contributed by atoms with Gasteiger partial charge in [0.1, 0.15) is 12.1 Å². The van der Waals surface area contributed by atoms with Crippen LogP contribution in [-0.4, -0.2) is 54.3 Å². The van der Waals surface area contributed by atoms with E-state index in [9.17, 15) is 18.0 Å². The first-order valence-corrected chi connectivity index (χ1v) is 17.2. The van der Waals surface area contributed by atoms with Crippen LogP contribution in [0.25, 0.3) is 23.1 Å². The Balaban J connectivity index is 1.66. The summed E-state index contributed by atoms with van der Waals surface area (Å²) in [5, 5.41) is 3.69. The van der Waals surface area contributed by atoms with E-state index in [1.807, 2.05) is 22.8 Å². The van der Waals surface area contributed by atoms with Crippen molar-refractivity contribution in [1.82, 2.24) is 5.32 Å². The Morgan fingerprint density at radius 3 is 2.53 bits per heavy atom. The number of pyridine rings is 1. The van der Waals surface area contributed by atoms with E-state index in [0.717, 1.165) is 50.5 Å². The molecular formula is C34H48N3O7S+. The molecular weight excluding hydrogens is 594 g/mol. The van der Waals surface area contributed by atoms with E-state index in [2.05, 4.69) is 37.9 Å². The fourth-order valence-corrected chi connectivity index (χ4v) is 5.52. The number of nitrogens with one attached hydrogen (secondary N) is 1. The first kappa shape index (κ1) is 35.9. The highest BCUT2D eigenvalue weighted by Crippen LogP contribution is 2.22. The standard InChI is InChI=1S/C34H47N3O7S/c1-6-36(7-2)30-15-12-27-23-28(34(39)44-32(27)24-30)13-14-29-16-17-31(45(40,41)42-5)25-37(29)20-10-8-9-11-33(38)35-19-22-43-21-18-26(3)4/h12-17,23-26H,6-11,18-22H2,1-5H3/p+1. The largest absolute Gasteiger partial charge is 0.422 e. The molecule has 2 aromatic heterocycles. The molecule has 2 heterocycles. The molecule has 10 nitrogen and oxygen atoms in total. The number of fused-ring (bicyclic) bond motifs is 1. The maximum Gasteiger partial charge on any atom is 0.343 e. The maximum absolute atomic E-state index is 12.8. The van der Waals surface area contributed by atoms with Gasteiger partial charge in [-0.15, -0.1) is 0 Å². The second-order valence-electron chi connectivity index (χ2n) is 11.3. The van der Waals surface area contributed by atoms with Crippen LogP contribution in [0.2, 0.25) is 0 Å². The summed E-state index contributed by atoms with van der Waals surface area (Å²) < 4.78 is 42.5. The molecule has 11 heteroatoms. The van der Waals surface area contributed by atoms with Crippen LogP contribution in [0.3, 0.4) is 0 Å². The Morgan fingerprint density at radius 1 is 1.04 bits per heavy atom. The topological polar surface area (TPSA) is 119 Å². The van der Waals surface area contributed by atoms with Gasteiger partial charge in [0.25, 0.3) is 0 Å². The summed E-state index contributed by atoms with van der Waals surface area (Å²) in [4.78, 5) is 27.2. The minimum atomic E-state index is -3.89. The van der Waals surface area contributed by atoms with Crippen LogP contribution in [-0.2, 0) is 30.4 Å². The molecule has 45 heavy (non-hydrogen) atoms. The second kappa shape index (κ2) is 17.8. The molecule has 1 N–H and O–H groups in total. The molecule has 3 aromatic rings. The van der Waals surface area contributed by atoms with Gasteiger partial charge in [0.15, 0.2) is 11.1 Å². The zero-order valence-electron chi connectivity index (χ0n) is 27.2. The Labute approximate surface area is 267 Å². The third-order valence-corrected chi connectivity index (χ3v) is 8.82. The van der Waals surface area contributed by atoms with E-state index in [1.54, 1.807) is 24.3 Å². The van der Waals surface area contributed by atoms with Gasteiger partial charge in [-0.25, -0.2) is 4.79 Å². The molecule has 0 saturated carbocycles. The summed E-state index contributed by atoms with van der Waals surface area (Å²) in [5.74, 6) is 0.583. The van der Waals surface area contributed by atoms with E-state index < -0.39 is 15.7 Å². The van der Waals surface area contributed by atoms with E-state index >= 15 is 0 Å². The van der Waals surface area contributed by atoms with Crippen LogP contribution < -0.4 is 20.4 Å². The van der Waals surface area contributed by atoms with Crippen molar-refractivity contribution in [2.75, 3.05) is 44.9 Å². The van der Waals surface area contributed by atoms with Crippen LogP contribution >= 0.6 is 0 Å². The fourth-order valence-electron chi connectivity index (χ4n) is 4.83. The minimum absolute atomic E-state index is 0.00888. The van der Waals surface area contributed by atoms with Gasteiger partial charge in [-0.3, -0.25) is 8.98 Å². The molecule has 0 bridgehead atoms. The van der Waals surface area contributed by atoms with Crippen molar-refractivity contribution in [2.24, 2.45) is 5.92 Å². The lowest BCUT2D eigenvalue weighted by Gasteiger charge is -2.20. The third-order valence-electron chi connectivity index (χ3n) is 7.56. The molecule has 0 aliphatic carbocycles. The number of hydrogen-bond acceptors (Lipinski definition) is 8. The van der Waals surface area contributed by atoms with Crippen LogP contribution in [0.5, 0.6) is 0 Å². The number of benzene rings is 1. The quantitative estimate of drug-likeness (QED) is 0.0824. The average molecular weight is 643 g/mol. The molecule has 0 fully saturated rings. The van der Waals surface area contributed by atoms with Crippen molar-refractivity contribution in [3.63, 3.8) is 0 Å². The molecule has 0 radical (unpaired) electrons. The number of hydrogen-bond donors (Lipinski definition) is 1. The van der Waals surface area contributed by atoms with Gasteiger partial charge in [-0.1, -0.05) is 13.8 Å². The van der Waals surface area contributed by atoms with Gasteiger partial charge in [0.2, 0.25) is 11.6 Å². The van der Waals surface area contributed by atoms with Crippen molar-refractivity contribution >= 4 is 44.8 Å². The summed E-state index contributed by atoms with van der Waals surface area (Å²) in [7, 11) is -2.77. The summed E-state index contributed by atoms with van der Waals surface area (Å²) in [6.07, 6.45) is 8.59. The lowest BCUT2D eigenvalue weighted by molar-refractivity contribution is -0.700.